The normalized spacial score (nSPS) is 9.75. The first-order chi connectivity index (χ1) is 3.91. The van der Waals surface area contributed by atoms with Gasteiger partial charge in [0.1, 0.15) is 0 Å². The molecule has 0 rings (SSSR count). The third-order valence-electron chi connectivity index (χ3n) is 1.08. The molecule has 0 fully saturated rings. The highest BCUT2D eigenvalue weighted by atomic mass is 33.1. The second-order valence-corrected chi connectivity index (χ2v) is 3.23. The molecule has 0 atom stereocenters. The molecule has 0 bridgehead atoms. The van der Waals surface area contributed by atoms with Gasteiger partial charge in [-0.25, -0.2) is 0 Å². The average Bonchev–Trinajstić information content (AvgIpc) is 1.81. The molecular weight excluding hydrogens is 136 g/mol. The van der Waals surface area contributed by atoms with Crippen LogP contribution in [0.3, 0.4) is 0 Å². The van der Waals surface area contributed by atoms with E-state index in [1.54, 1.807) is 0 Å². The van der Waals surface area contributed by atoms with Crippen molar-refractivity contribution in [3.8, 4) is 0 Å². The van der Waals surface area contributed by atoms with Crippen LogP contribution in [-0.2, 0) is 0 Å². The first-order valence-corrected chi connectivity index (χ1v) is 5.07. The molecule has 0 saturated carbocycles. The zero-order valence-electron chi connectivity index (χ0n) is 5.35. The minimum Gasteiger partial charge on any atom is -0.0817 e. The topological polar surface area (TPSA) is 0 Å². The molecule has 0 aromatic carbocycles. The summed E-state index contributed by atoms with van der Waals surface area (Å²) in [5.74, 6) is 1.16. The van der Waals surface area contributed by atoms with Gasteiger partial charge in [0, 0.05) is 5.75 Å². The highest BCUT2D eigenvalue weighted by Gasteiger charge is 1.84. The number of hydrogen-bond donors (Lipinski definition) is 0. The van der Waals surface area contributed by atoms with Crippen LogP contribution in [0.4, 0.5) is 0 Å². The van der Waals surface area contributed by atoms with Crippen molar-refractivity contribution in [3.05, 3.63) is 0 Å². The zero-order valence-corrected chi connectivity index (χ0v) is 6.99. The summed E-state index contributed by atoms with van der Waals surface area (Å²) >= 11 is 4.72. The number of rotatable bonds is 5. The van der Waals surface area contributed by atoms with Crippen LogP contribution in [0.1, 0.15) is 32.6 Å². The van der Waals surface area contributed by atoms with Crippen LogP contribution in [0.15, 0.2) is 0 Å². The third-order valence-corrected chi connectivity index (χ3v) is 2.04. The van der Waals surface area contributed by atoms with E-state index >= 15 is 0 Å². The molecule has 1 radical (unpaired) electrons. The Kier molecular flexibility index (Phi) is 8.37. The average molecular weight is 149 g/mol. The summed E-state index contributed by atoms with van der Waals surface area (Å²) in [5, 5.41) is 0. The Morgan fingerprint density at radius 2 is 2.00 bits per heavy atom. The van der Waals surface area contributed by atoms with Crippen molar-refractivity contribution in [1.82, 2.24) is 0 Å². The smallest absolute Gasteiger partial charge is 0.00454 e. The first kappa shape index (κ1) is 8.70. The number of hydrogen-bond acceptors (Lipinski definition) is 1. The molecule has 0 spiro atoms. The second-order valence-electron chi connectivity index (χ2n) is 1.88. The molecule has 0 aliphatic carbocycles. The van der Waals surface area contributed by atoms with Gasteiger partial charge in [0.05, 0.1) is 0 Å². The van der Waals surface area contributed by atoms with Gasteiger partial charge < -0.3 is 0 Å². The largest absolute Gasteiger partial charge is 0.0817 e. The molecule has 0 N–H and O–H groups in total. The molecule has 0 aromatic rings. The fourth-order valence-electron chi connectivity index (χ4n) is 0.588. The van der Waals surface area contributed by atoms with Crippen LogP contribution < -0.4 is 0 Å². The summed E-state index contributed by atoms with van der Waals surface area (Å²) in [5.41, 5.74) is 0. The van der Waals surface area contributed by atoms with Gasteiger partial charge in [-0.05, 0) is 18.1 Å². The summed E-state index contributed by atoms with van der Waals surface area (Å²) in [6, 6.07) is 0. The summed E-state index contributed by atoms with van der Waals surface area (Å²) in [7, 11) is 1.54. The van der Waals surface area contributed by atoms with Gasteiger partial charge >= 0.3 is 0 Å². The molecule has 0 heterocycles. The van der Waals surface area contributed by atoms with Crippen molar-refractivity contribution in [2.45, 2.75) is 32.6 Å². The van der Waals surface area contributed by atoms with Gasteiger partial charge in [0.25, 0.3) is 0 Å². The van der Waals surface area contributed by atoms with Gasteiger partial charge in [-0.15, -0.1) is 0 Å². The molecule has 49 valence electrons. The molecular formula is C6H13S2. The van der Waals surface area contributed by atoms with Crippen LogP contribution in [0, 0.1) is 0 Å². The molecule has 0 amide bonds. The van der Waals surface area contributed by atoms with E-state index < -0.39 is 0 Å². The van der Waals surface area contributed by atoms with Crippen molar-refractivity contribution in [1.29, 1.82) is 0 Å². The lowest BCUT2D eigenvalue weighted by Gasteiger charge is -1.92. The fraction of sp³-hybridized carbons (Fsp3) is 1.00. The Bertz CT molecular complexity index is 31.5. The van der Waals surface area contributed by atoms with Crippen molar-refractivity contribution in [3.63, 3.8) is 0 Å². The Balaban J connectivity index is 2.53. The Morgan fingerprint density at radius 1 is 1.25 bits per heavy atom. The molecule has 0 nitrogen and oxygen atoms in total. The van der Waals surface area contributed by atoms with Crippen LogP contribution in [0.25, 0.3) is 0 Å². The summed E-state index contributed by atoms with van der Waals surface area (Å²) in [4.78, 5) is 0. The maximum Gasteiger partial charge on any atom is 0.00454 e. The van der Waals surface area contributed by atoms with Crippen molar-refractivity contribution >= 4 is 22.5 Å². The minimum absolute atomic E-state index is 1.16. The van der Waals surface area contributed by atoms with Crippen LogP contribution in [0.2, 0.25) is 0 Å². The predicted molar refractivity (Wildman–Crippen MR) is 44.2 cm³/mol. The SMILES string of the molecule is CCCCCCS[S]. The molecule has 0 saturated heterocycles. The Morgan fingerprint density at radius 3 is 2.50 bits per heavy atom. The van der Waals surface area contributed by atoms with Crippen molar-refractivity contribution in [2.75, 3.05) is 5.75 Å². The Hall–Kier alpha value is 0.700. The van der Waals surface area contributed by atoms with Gasteiger partial charge in [-0.2, -0.15) is 0 Å². The summed E-state index contributed by atoms with van der Waals surface area (Å²) in [6.07, 6.45) is 5.36. The molecule has 0 aromatic heterocycles. The quantitative estimate of drug-likeness (QED) is 0.426. The van der Waals surface area contributed by atoms with E-state index in [1.807, 2.05) is 0 Å². The third kappa shape index (κ3) is 6.70. The van der Waals surface area contributed by atoms with Gasteiger partial charge in [0.2, 0.25) is 0 Å². The van der Waals surface area contributed by atoms with E-state index in [9.17, 15) is 0 Å². The van der Waals surface area contributed by atoms with E-state index in [2.05, 4.69) is 6.92 Å². The number of unbranched alkanes of at least 4 members (excludes halogenated alkanes) is 3. The van der Waals surface area contributed by atoms with Crippen LogP contribution >= 0.6 is 22.5 Å². The zero-order chi connectivity index (χ0) is 6.24. The lowest BCUT2D eigenvalue weighted by molar-refractivity contribution is 0.707. The lowest BCUT2D eigenvalue weighted by Crippen LogP contribution is -1.76. The van der Waals surface area contributed by atoms with E-state index in [0.717, 1.165) is 5.75 Å². The second kappa shape index (κ2) is 7.70. The van der Waals surface area contributed by atoms with E-state index in [-0.39, 0.29) is 0 Å². The highest BCUT2D eigenvalue weighted by Crippen LogP contribution is 2.09. The summed E-state index contributed by atoms with van der Waals surface area (Å²) in [6.45, 7) is 2.22. The standard InChI is InChI=1S/C6H13S2/c1-2-3-4-5-6-8-7/h2-6H2,1H3. The summed E-state index contributed by atoms with van der Waals surface area (Å²) < 4.78 is 0. The maximum atomic E-state index is 4.72. The molecule has 0 unspecified atom stereocenters. The maximum absolute atomic E-state index is 4.72. The molecule has 0 aliphatic heterocycles. The van der Waals surface area contributed by atoms with Gasteiger partial charge in [-0.3, -0.25) is 0 Å². The van der Waals surface area contributed by atoms with E-state index in [0.29, 0.717) is 0 Å². The van der Waals surface area contributed by atoms with E-state index in [4.69, 9.17) is 11.7 Å². The monoisotopic (exact) mass is 149 g/mol. The first-order valence-electron chi connectivity index (χ1n) is 3.16. The van der Waals surface area contributed by atoms with Gasteiger partial charge in [-0.1, -0.05) is 37.0 Å². The Labute approximate surface area is 61.2 Å². The van der Waals surface area contributed by atoms with Crippen molar-refractivity contribution in [2.24, 2.45) is 0 Å². The highest BCUT2D eigenvalue weighted by molar-refractivity contribution is 8.68. The van der Waals surface area contributed by atoms with Gasteiger partial charge in [0.15, 0.2) is 0 Å². The minimum atomic E-state index is 1.16. The molecule has 0 aliphatic rings. The van der Waals surface area contributed by atoms with Crippen LogP contribution in [0.5, 0.6) is 0 Å². The fourth-order valence-corrected chi connectivity index (χ4v) is 1.26. The molecule has 2 heteroatoms. The van der Waals surface area contributed by atoms with E-state index in [1.165, 1.54) is 36.5 Å². The van der Waals surface area contributed by atoms with Crippen molar-refractivity contribution < 1.29 is 0 Å². The van der Waals surface area contributed by atoms with Crippen LogP contribution in [-0.4, -0.2) is 5.75 Å². The predicted octanol–water partition coefficient (Wildman–Crippen LogP) is 3.41. The molecule has 8 heavy (non-hydrogen) atoms. The lowest BCUT2D eigenvalue weighted by atomic mass is 10.2.